The fraction of sp³-hybridized carbons (Fsp3) is 0.310. The number of rotatable bonds is 2. The first-order valence-corrected chi connectivity index (χ1v) is 12.7. The highest BCUT2D eigenvalue weighted by Gasteiger charge is 2.25. The average molecular weight is 497 g/mol. The molecule has 1 amide bonds. The molecule has 4 aromatic rings. The van der Waals surface area contributed by atoms with Gasteiger partial charge in [-0.05, 0) is 71.8 Å². The van der Waals surface area contributed by atoms with Crippen LogP contribution in [0.15, 0.2) is 60.8 Å². The van der Waals surface area contributed by atoms with Gasteiger partial charge in [0.1, 0.15) is 11.6 Å². The summed E-state index contributed by atoms with van der Waals surface area (Å²) in [7, 11) is 0. The molecule has 5 heterocycles. The summed E-state index contributed by atoms with van der Waals surface area (Å²) in [6, 6.07) is 17.5. The highest BCUT2D eigenvalue weighted by molar-refractivity contribution is 5.94. The van der Waals surface area contributed by atoms with Crippen LogP contribution < -0.4 is 4.74 Å². The van der Waals surface area contributed by atoms with Crippen LogP contribution >= 0.6 is 0 Å². The van der Waals surface area contributed by atoms with Gasteiger partial charge in [0, 0.05) is 37.2 Å². The summed E-state index contributed by atoms with van der Waals surface area (Å²) in [6.45, 7) is 1.68. The van der Waals surface area contributed by atoms with Crippen LogP contribution in [0.25, 0.3) is 5.65 Å². The Kier molecular flexibility index (Phi) is 6.08. The van der Waals surface area contributed by atoms with Crippen molar-refractivity contribution in [1.29, 1.82) is 0 Å². The second kappa shape index (κ2) is 9.69. The Hall–Kier alpha value is -4.20. The van der Waals surface area contributed by atoms with Crippen molar-refractivity contribution in [1.82, 2.24) is 19.5 Å². The Balaban J connectivity index is 1.42. The van der Waals surface area contributed by atoms with E-state index in [1.54, 1.807) is 0 Å². The van der Waals surface area contributed by atoms with Crippen molar-refractivity contribution in [3.8, 4) is 5.75 Å². The SMILES string of the molecule is O=C(O)CC1c2ccc3c(c2)CN(CC3)C(=O)c2cccc(c2)OCCCCc2nnc3cc1ccn23. The Morgan fingerprint density at radius 3 is 2.78 bits per heavy atom. The van der Waals surface area contributed by atoms with Crippen LogP contribution in [0.4, 0.5) is 0 Å². The summed E-state index contributed by atoms with van der Waals surface area (Å²) in [5, 5.41) is 18.5. The van der Waals surface area contributed by atoms with E-state index in [1.165, 1.54) is 5.56 Å². The van der Waals surface area contributed by atoms with Crippen LogP contribution in [-0.2, 0) is 24.2 Å². The minimum Gasteiger partial charge on any atom is -0.494 e. The van der Waals surface area contributed by atoms with Gasteiger partial charge < -0.3 is 14.7 Å². The quantitative estimate of drug-likeness (QED) is 0.446. The number of aryl methyl sites for hydroxylation is 1. The number of ether oxygens (including phenoxy) is 1. The van der Waals surface area contributed by atoms with Crippen LogP contribution in [0.3, 0.4) is 0 Å². The highest BCUT2D eigenvalue weighted by atomic mass is 16.5. The number of pyridine rings is 1. The third-order valence-electron chi connectivity index (χ3n) is 7.36. The van der Waals surface area contributed by atoms with E-state index >= 15 is 0 Å². The number of carboxylic acids is 1. The van der Waals surface area contributed by atoms with E-state index in [0.717, 1.165) is 48.2 Å². The second-order valence-electron chi connectivity index (χ2n) is 9.79. The number of hydrogen-bond acceptors (Lipinski definition) is 5. The van der Waals surface area contributed by atoms with Gasteiger partial charge in [0.2, 0.25) is 0 Å². The third-order valence-corrected chi connectivity index (χ3v) is 7.36. The summed E-state index contributed by atoms with van der Waals surface area (Å²) in [5.74, 6) is 0.337. The smallest absolute Gasteiger partial charge is 0.304 e. The van der Waals surface area contributed by atoms with Crippen molar-refractivity contribution in [2.75, 3.05) is 13.2 Å². The minimum atomic E-state index is -0.863. The van der Waals surface area contributed by atoms with E-state index in [4.69, 9.17) is 4.74 Å². The summed E-state index contributed by atoms with van der Waals surface area (Å²) in [5.41, 5.74) is 5.38. The second-order valence-corrected chi connectivity index (χ2v) is 9.79. The monoisotopic (exact) mass is 496 g/mol. The summed E-state index contributed by atoms with van der Waals surface area (Å²) >= 11 is 0. The maximum atomic E-state index is 13.4. The number of carboxylic acid groups (broad SMARTS) is 1. The molecule has 0 spiro atoms. The number of nitrogens with zero attached hydrogens (tertiary/aromatic N) is 4. The normalized spacial score (nSPS) is 17.8. The Morgan fingerprint density at radius 1 is 1.00 bits per heavy atom. The molecule has 0 fully saturated rings. The lowest BCUT2D eigenvalue weighted by Gasteiger charge is -2.30. The first-order chi connectivity index (χ1) is 18.0. The van der Waals surface area contributed by atoms with Crippen LogP contribution in [0.5, 0.6) is 5.75 Å². The van der Waals surface area contributed by atoms with E-state index in [0.29, 0.717) is 36.7 Å². The predicted molar refractivity (Wildman–Crippen MR) is 137 cm³/mol. The highest BCUT2D eigenvalue weighted by Crippen LogP contribution is 2.32. The van der Waals surface area contributed by atoms with E-state index in [9.17, 15) is 14.7 Å². The molecule has 1 N–H and O–H groups in total. The number of hydrogen-bond donors (Lipinski definition) is 1. The van der Waals surface area contributed by atoms with Crippen LogP contribution in [0.1, 0.15) is 63.6 Å². The van der Waals surface area contributed by atoms with Crippen molar-refractivity contribution in [2.24, 2.45) is 0 Å². The van der Waals surface area contributed by atoms with Crippen molar-refractivity contribution in [3.63, 3.8) is 0 Å². The number of aliphatic carboxylic acids is 1. The van der Waals surface area contributed by atoms with E-state index in [-0.39, 0.29) is 18.2 Å². The molecular weight excluding hydrogens is 468 g/mol. The van der Waals surface area contributed by atoms with Gasteiger partial charge >= 0.3 is 5.97 Å². The lowest BCUT2D eigenvalue weighted by atomic mass is 9.86. The van der Waals surface area contributed by atoms with Gasteiger partial charge in [-0.3, -0.25) is 14.0 Å². The molecule has 1 unspecified atom stereocenters. The lowest BCUT2D eigenvalue weighted by molar-refractivity contribution is -0.137. The first-order valence-electron chi connectivity index (χ1n) is 12.7. The standard InChI is InChI=1S/C29H28N4O4/c34-28(35)17-25-20-8-7-19-9-11-32(18-23(19)14-20)29(36)22-4-3-5-24(15-22)37-13-2-1-6-26-30-31-27-16-21(25)10-12-33(26)27/h3-5,7-8,10,12,14-16,25H,1-2,6,9,11,13,17-18H2,(H,34,35). The number of benzene rings is 2. The number of amides is 1. The number of fused-ring (bicyclic) bond motifs is 5. The van der Waals surface area contributed by atoms with E-state index < -0.39 is 5.97 Å². The molecule has 7 rings (SSSR count). The molecule has 2 aromatic heterocycles. The largest absolute Gasteiger partial charge is 0.494 e. The van der Waals surface area contributed by atoms with Crippen LogP contribution in [-0.4, -0.2) is 49.6 Å². The van der Waals surface area contributed by atoms with E-state index in [1.807, 2.05) is 58.0 Å². The van der Waals surface area contributed by atoms with E-state index in [2.05, 4.69) is 22.3 Å². The van der Waals surface area contributed by atoms with Crippen molar-refractivity contribution >= 4 is 17.5 Å². The molecule has 37 heavy (non-hydrogen) atoms. The number of carbonyl (C=O) groups is 2. The molecular formula is C29H28N4O4. The first kappa shape index (κ1) is 23.2. The Bertz CT molecular complexity index is 1490. The van der Waals surface area contributed by atoms with Gasteiger partial charge in [-0.1, -0.05) is 24.3 Å². The van der Waals surface area contributed by atoms with Gasteiger partial charge in [-0.15, -0.1) is 10.2 Å². The minimum absolute atomic E-state index is 0.0244. The molecule has 3 aliphatic rings. The maximum Gasteiger partial charge on any atom is 0.304 e. The molecule has 2 aromatic carbocycles. The molecule has 0 saturated carbocycles. The van der Waals surface area contributed by atoms with Gasteiger partial charge in [-0.25, -0.2) is 0 Å². The number of carbonyl (C=O) groups excluding carboxylic acids is 1. The fourth-order valence-corrected chi connectivity index (χ4v) is 5.39. The number of aromatic nitrogens is 3. The molecule has 0 radical (unpaired) electrons. The zero-order valence-electron chi connectivity index (χ0n) is 20.5. The summed E-state index contributed by atoms with van der Waals surface area (Å²) in [4.78, 5) is 27.1. The fourth-order valence-electron chi connectivity index (χ4n) is 5.39. The Morgan fingerprint density at radius 2 is 1.89 bits per heavy atom. The molecule has 1 atom stereocenters. The van der Waals surface area contributed by atoms with Crippen LogP contribution in [0.2, 0.25) is 0 Å². The third kappa shape index (κ3) is 4.67. The van der Waals surface area contributed by atoms with Crippen molar-refractivity contribution in [3.05, 3.63) is 94.4 Å². The zero-order chi connectivity index (χ0) is 25.4. The van der Waals surface area contributed by atoms with Crippen molar-refractivity contribution in [2.45, 2.75) is 44.6 Å². The van der Waals surface area contributed by atoms with Gasteiger partial charge in [0.05, 0.1) is 13.0 Å². The molecule has 0 aliphatic carbocycles. The lowest BCUT2D eigenvalue weighted by Crippen LogP contribution is -2.36. The van der Waals surface area contributed by atoms with Crippen molar-refractivity contribution < 1.29 is 19.4 Å². The molecule has 188 valence electrons. The molecule has 0 saturated heterocycles. The summed E-state index contributed by atoms with van der Waals surface area (Å²) in [6.07, 6.45) is 5.14. The maximum absolute atomic E-state index is 13.4. The van der Waals surface area contributed by atoms with Gasteiger partial charge in [-0.2, -0.15) is 0 Å². The average Bonchev–Trinajstić information content (AvgIpc) is 3.32. The van der Waals surface area contributed by atoms with Gasteiger partial charge in [0.15, 0.2) is 5.65 Å². The molecule has 8 nitrogen and oxygen atoms in total. The zero-order valence-corrected chi connectivity index (χ0v) is 20.5. The summed E-state index contributed by atoms with van der Waals surface area (Å²) < 4.78 is 7.93. The molecule has 8 heteroatoms. The molecule has 3 aliphatic heterocycles. The Labute approximate surface area is 214 Å². The van der Waals surface area contributed by atoms with Gasteiger partial charge in [0.25, 0.3) is 5.91 Å². The predicted octanol–water partition coefficient (Wildman–Crippen LogP) is 4.25. The van der Waals surface area contributed by atoms with Crippen LogP contribution in [0, 0.1) is 0 Å². The molecule has 9 bridgehead atoms. The topological polar surface area (TPSA) is 97.0 Å².